The Balaban J connectivity index is 1.60. The fourth-order valence-corrected chi connectivity index (χ4v) is 5.43. The lowest BCUT2D eigenvalue weighted by atomic mass is 9.93. The van der Waals surface area contributed by atoms with Gasteiger partial charge in [0.05, 0.1) is 57.0 Å². The summed E-state index contributed by atoms with van der Waals surface area (Å²) in [6.07, 6.45) is 5.96. The summed E-state index contributed by atoms with van der Waals surface area (Å²) < 4.78 is 22.1. The third kappa shape index (κ3) is 5.24. The second-order valence-corrected chi connectivity index (χ2v) is 10.4. The number of aryl methyl sites for hydroxylation is 1. The highest BCUT2D eigenvalue weighted by Crippen LogP contribution is 2.32. The molecule has 6 nitrogen and oxygen atoms in total. The molecule has 2 aromatic carbocycles. The Labute approximate surface area is 231 Å². The molecule has 0 amide bonds. The molecule has 0 radical (unpaired) electrons. The van der Waals surface area contributed by atoms with E-state index >= 15 is 0 Å². The van der Waals surface area contributed by atoms with E-state index in [1.165, 1.54) is 12.1 Å². The largest absolute Gasteiger partial charge is 0.381 e. The van der Waals surface area contributed by atoms with E-state index in [0.717, 1.165) is 65.2 Å². The molecule has 39 heavy (non-hydrogen) atoms. The molecule has 198 valence electrons. The Morgan fingerprint density at radius 1 is 1.00 bits per heavy atom. The van der Waals surface area contributed by atoms with Gasteiger partial charge in [-0.2, -0.15) is 0 Å². The summed E-state index contributed by atoms with van der Waals surface area (Å²) in [5.41, 5.74) is 6.45. The molecule has 8 heteroatoms. The minimum absolute atomic E-state index is 0.180. The smallest absolute Gasteiger partial charge is 0.125 e. The minimum Gasteiger partial charge on any atom is -0.381 e. The van der Waals surface area contributed by atoms with Crippen molar-refractivity contribution >= 4 is 34.0 Å². The summed E-state index contributed by atoms with van der Waals surface area (Å²) in [5.74, 6) is -0.323. The number of nitrogens with zero attached hydrogens (tertiary/aromatic N) is 4. The van der Waals surface area contributed by atoms with E-state index in [-0.39, 0.29) is 11.9 Å². The number of pyridine rings is 1. The van der Waals surface area contributed by atoms with Gasteiger partial charge in [-0.1, -0.05) is 11.6 Å². The first-order chi connectivity index (χ1) is 19.0. The van der Waals surface area contributed by atoms with Gasteiger partial charge in [0, 0.05) is 30.1 Å². The van der Waals surface area contributed by atoms with Crippen molar-refractivity contribution in [3.05, 3.63) is 94.8 Å². The third-order valence-electron chi connectivity index (χ3n) is 7.41. The summed E-state index contributed by atoms with van der Waals surface area (Å²) in [7, 11) is 1.78. The van der Waals surface area contributed by atoms with Gasteiger partial charge in [0.2, 0.25) is 0 Å². The Hall–Kier alpha value is -3.81. The fourth-order valence-electron chi connectivity index (χ4n) is 5.31. The number of nitrogens with one attached hydrogen (secondary N) is 1. The number of halogens is 2. The first kappa shape index (κ1) is 25.5. The second kappa shape index (κ2) is 10.8. The van der Waals surface area contributed by atoms with Crippen molar-refractivity contribution in [2.45, 2.75) is 44.8 Å². The van der Waals surface area contributed by atoms with Crippen LogP contribution in [0.4, 0.5) is 15.8 Å². The van der Waals surface area contributed by atoms with Gasteiger partial charge in [0.15, 0.2) is 0 Å². The Kier molecular flexibility index (Phi) is 7.02. The van der Waals surface area contributed by atoms with E-state index in [2.05, 4.69) is 16.4 Å². The van der Waals surface area contributed by atoms with E-state index in [1.807, 2.05) is 54.0 Å². The van der Waals surface area contributed by atoms with Gasteiger partial charge < -0.3 is 14.6 Å². The molecule has 0 unspecified atom stereocenters. The number of benzene rings is 3. The van der Waals surface area contributed by atoms with Crippen LogP contribution in [0.5, 0.6) is 0 Å². The van der Waals surface area contributed by atoms with Crippen LogP contribution in [0.2, 0.25) is 5.02 Å². The van der Waals surface area contributed by atoms with Gasteiger partial charge in [0.1, 0.15) is 5.82 Å². The van der Waals surface area contributed by atoms with Gasteiger partial charge >= 0.3 is 0 Å². The molecule has 0 atom stereocenters. The lowest BCUT2D eigenvalue weighted by Crippen LogP contribution is -2.25. The molecule has 1 N–H and O–H groups in total. The standard InChI is InChI=1S/C31H29ClFN5O/c1-19-25(4-3-15-34-19)36-27-17-29-31(18-28(27)35-22-8-12-24(39-2)13-9-22)38(23-10-5-20(32)6-11-23)30-16-21(33)7-14-26(30)37-29/h3-7,10-11,14-18,22,24,36H,8-9,12-13H2,1-2H3. The van der Waals surface area contributed by atoms with Gasteiger partial charge in [-0.3, -0.25) is 9.98 Å². The van der Waals surface area contributed by atoms with Crippen LogP contribution in [0.25, 0.3) is 28.1 Å². The minimum atomic E-state index is -0.323. The summed E-state index contributed by atoms with van der Waals surface area (Å²) >= 11 is 6.21. The fraction of sp³-hybridized carbons (Fsp3) is 0.258. The molecule has 1 aromatic heterocycles. The number of fused-ring (bicyclic) bond motifs is 2. The predicted octanol–water partition coefficient (Wildman–Crippen LogP) is 7.23. The molecular weight excluding hydrogens is 513 g/mol. The van der Waals surface area contributed by atoms with Crippen molar-refractivity contribution in [3.8, 4) is 17.1 Å². The number of anilines is 2. The van der Waals surface area contributed by atoms with Crippen molar-refractivity contribution in [1.82, 2.24) is 14.5 Å². The van der Waals surface area contributed by atoms with E-state index in [1.54, 1.807) is 19.4 Å². The van der Waals surface area contributed by atoms with Gasteiger partial charge in [0.25, 0.3) is 0 Å². The molecule has 2 heterocycles. The first-order valence-electron chi connectivity index (χ1n) is 13.2. The zero-order chi connectivity index (χ0) is 26.9. The zero-order valence-corrected chi connectivity index (χ0v) is 22.6. The molecule has 2 aliphatic carbocycles. The molecule has 0 saturated heterocycles. The van der Waals surface area contributed by atoms with Gasteiger partial charge in [-0.25, -0.2) is 9.37 Å². The van der Waals surface area contributed by atoms with Crippen molar-refractivity contribution in [3.63, 3.8) is 0 Å². The number of hydrogen-bond acceptors (Lipinski definition) is 5. The monoisotopic (exact) mass is 541 g/mol. The maximum absolute atomic E-state index is 14.5. The van der Waals surface area contributed by atoms with Crippen molar-refractivity contribution < 1.29 is 9.13 Å². The Morgan fingerprint density at radius 3 is 2.54 bits per heavy atom. The molecule has 3 aromatic rings. The average Bonchev–Trinajstić information content (AvgIpc) is 2.94. The molecule has 0 bridgehead atoms. The first-order valence-corrected chi connectivity index (χ1v) is 13.5. The number of aromatic nitrogens is 3. The van der Waals surface area contributed by atoms with E-state index in [0.29, 0.717) is 22.2 Å². The highest BCUT2D eigenvalue weighted by atomic mass is 35.5. The van der Waals surface area contributed by atoms with Crippen molar-refractivity contribution in [2.75, 3.05) is 12.4 Å². The second-order valence-electron chi connectivity index (χ2n) is 9.97. The third-order valence-corrected chi connectivity index (χ3v) is 7.66. The van der Waals surface area contributed by atoms with Gasteiger partial charge in [-0.05, 0) is 93.3 Å². The normalized spacial score (nSPS) is 18.1. The van der Waals surface area contributed by atoms with E-state index in [9.17, 15) is 4.39 Å². The number of methoxy groups -OCH3 is 1. The molecule has 1 aliphatic heterocycles. The number of rotatable bonds is 5. The van der Waals surface area contributed by atoms with Crippen LogP contribution in [-0.2, 0) is 4.74 Å². The van der Waals surface area contributed by atoms with E-state index in [4.69, 9.17) is 26.3 Å². The summed E-state index contributed by atoms with van der Waals surface area (Å²) in [4.78, 5) is 14.6. The molecule has 3 aliphatic rings. The maximum atomic E-state index is 14.5. The molecular formula is C31H29ClFN5O. The lowest BCUT2D eigenvalue weighted by molar-refractivity contribution is 0.0663. The molecule has 0 spiro atoms. The van der Waals surface area contributed by atoms with Crippen LogP contribution >= 0.6 is 11.6 Å². The summed E-state index contributed by atoms with van der Waals surface area (Å²) in [6, 6.07) is 20.4. The zero-order valence-electron chi connectivity index (χ0n) is 21.9. The van der Waals surface area contributed by atoms with Crippen LogP contribution in [-0.4, -0.2) is 33.8 Å². The van der Waals surface area contributed by atoms with Crippen LogP contribution in [0.15, 0.2) is 77.9 Å². The Morgan fingerprint density at radius 2 is 1.79 bits per heavy atom. The molecule has 1 fully saturated rings. The predicted molar refractivity (Wildman–Crippen MR) is 154 cm³/mol. The SMILES string of the molecule is COC1CCC(N=c2cc3n(-c4ccc(Cl)cc4)c4cc(F)ccc4nc-3cc2Nc2cccnc2C)CC1. The summed E-state index contributed by atoms with van der Waals surface area (Å²) in [6.45, 7) is 1.97. The van der Waals surface area contributed by atoms with Crippen LogP contribution in [0.3, 0.4) is 0 Å². The number of ether oxygens (including phenoxy) is 1. The van der Waals surface area contributed by atoms with E-state index < -0.39 is 0 Å². The molecule has 6 rings (SSSR count). The van der Waals surface area contributed by atoms with Crippen LogP contribution in [0, 0.1) is 12.7 Å². The quantitative estimate of drug-likeness (QED) is 0.238. The van der Waals surface area contributed by atoms with Crippen molar-refractivity contribution in [2.24, 2.45) is 4.99 Å². The Bertz CT molecular complexity index is 1680. The highest BCUT2D eigenvalue weighted by molar-refractivity contribution is 6.30. The maximum Gasteiger partial charge on any atom is 0.125 e. The van der Waals surface area contributed by atoms with Gasteiger partial charge in [-0.15, -0.1) is 0 Å². The van der Waals surface area contributed by atoms with Crippen LogP contribution in [0.1, 0.15) is 31.4 Å². The topological polar surface area (TPSA) is 64.3 Å². The average molecular weight is 542 g/mol. The lowest BCUT2D eigenvalue weighted by Gasteiger charge is -2.25. The highest BCUT2D eigenvalue weighted by Gasteiger charge is 2.22. The molecule has 1 saturated carbocycles. The summed E-state index contributed by atoms with van der Waals surface area (Å²) in [5, 5.41) is 5.02. The van der Waals surface area contributed by atoms with Crippen molar-refractivity contribution in [1.29, 1.82) is 0 Å². The number of hydrogen-bond donors (Lipinski definition) is 1. The van der Waals surface area contributed by atoms with Crippen LogP contribution < -0.4 is 10.7 Å².